The Kier molecular flexibility index (Phi) is 5.65. The second kappa shape index (κ2) is 8.12. The summed E-state index contributed by atoms with van der Waals surface area (Å²) in [7, 11) is 0. The Labute approximate surface area is 152 Å². The summed E-state index contributed by atoms with van der Waals surface area (Å²) in [5.41, 5.74) is 0.711. The Hall–Kier alpha value is -2.70. The van der Waals surface area contributed by atoms with Crippen LogP contribution in [0.5, 0.6) is 5.75 Å². The number of aryl methyl sites for hydroxylation is 1. The third kappa shape index (κ3) is 4.47. The van der Waals surface area contributed by atoms with E-state index >= 15 is 0 Å². The molecule has 1 N–H and O–H groups in total. The van der Waals surface area contributed by atoms with Gasteiger partial charge in [-0.2, -0.15) is 0 Å². The van der Waals surface area contributed by atoms with Crippen molar-refractivity contribution in [3.63, 3.8) is 0 Å². The highest BCUT2D eigenvalue weighted by Gasteiger charge is 2.18. The van der Waals surface area contributed by atoms with Crippen LogP contribution >= 0.6 is 0 Å². The third-order valence-corrected chi connectivity index (χ3v) is 4.28. The molecule has 1 aliphatic rings. The number of H-pyrrole nitrogens is 1. The molecule has 26 heavy (non-hydrogen) atoms. The Morgan fingerprint density at radius 3 is 2.73 bits per heavy atom. The molecule has 0 unspecified atom stereocenters. The molecule has 0 spiro atoms. The Balaban J connectivity index is 1.69. The number of hydrogen-bond donors (Lipinski definition) is 1. The van der Waals surface area contributed by atoms with E-state index in [2.05, 4.69) is 15.2 Å². The van der Waals surface area contributed by atoms with Crippen LogP contribution in [0.4, 0.5) is 0 Å². The van der Waals surface area contributed by atoms with Crippen LogP contribution in [0, 0.1) is 0 Å². The topological polar surface area (TPSA) is 88.2 Å². The van der Waals surface area contributed by atoms with Crippen LogP contribution in [0.2, 0.25) is 0 Å². The fourth-order valence-electron chi connectivity index (χ4n) is 2.99. The zero-order valence-electron chi connectivity index (χ0n) is 15.2. The average molecular weight is 356 g/mol. The van der Waals surface area contributed by atoms with Crippen molar-refractivity contribution in [1.82, 2.24) is 20.1 Å². The summed E-state index contributed by atoms with van der Waals surface area (Å²) >= 11 is 0. The lowest BCUT2D eigenvalue weighted by atomic mass is 10.2. The number of ether oxygens (including phenoxy) is 1. The van der Waals surface area contributed by atoms with Gasteiger partial charge in [-0.25, -0.2) is 0 Å². The fourth-order valence-corrected chi connectivity index (χ4v) is 2.99. The number of aromatic nitrogens is 3. The van der Waals surface area contributed by atoms with E-state index in [1.165, 1.54) is 0 Å². The SMILES string of the molecule is CC(C)Oc1cccc(-c2nnc(CCC(=O)N3CCCC3)c(=O)[nH]2)c1. The van der Waals surface area contributed by atoms with Crippen LogP contribution in [-0.2, 0) is 11.2 Å². The van der Waals surface area contributed by atoms with Crippen molar-refractivity contribution in [2.75, 3.05) is 13.1 Å². The lowest BCUT2D eigenvalue weighted by molar-refractivity contribution is -0.130. The number of likely N-dealkylation sites (tertiary alicyclic amines) is 1. The van der Waals surface area contributed by atoms with Gasteiger partial charge in [-0.3, -0.25) is 9.59 Å². The number of hydrogen-bond acceptors (Lipinski definition) is 5. The van der Waals surface area contributed by atoms with Crippen molar-refractivity contribution in [1.29, 1.82) is 0 Å². The molecular formula is C19H24N4O3. The molecule has 0 saturated carbocycles. The number of nitrogens with zero attached hydrogens (tertiary/aromatic N) is 3. The Morgan fingerprint density at radius 1 is 1.27 bits per heavy atom. The lowest BCUT2D eigenvalue weighted by Gasteiger charge is -2.14. The van der Waals surface area contributed by atoms with E-state index < -0.39 is 0 Å². The van der Waals surface area contributed by atoms with Gasteiger partial charge in [0.05, 0.1) is 6.10 Å². The molecule has 7 heteroatoms. The summed E-state index contributed by atoms with van der Waals surface area (Å²) < 4.78 is 5.66. The van der Waals surface area contributed by atoms with Crippen molar-refractivity contribution in [2.24, 2.45) is 0 Å². The summed E-state index contributed by atoms with van der Waals surface area (Å²) in [6.07, 6.45) is 2.76. The lowest BCUT2D eigenvalue weighted by Crippen LogP contribution is -2.28. The van der Waals surface area contributed by atoms with Crippen molar-refractivity contribution >= 4 is 5.91 Å². The first kappa shape index (κ1) is 18.1. The molecule has 0 bridgehead atoms. The van der Waals surface area contributed by atoms with Crippen molar-refractivity contribution in [3.8, 4) is 17.1 Å². The largest absolute Gasteiger partial charge is 0.491 e. The number of carbonyl (C=O) groups is 1. The van der Waals surface area contributed by atoms with Crippen LogP contribution in [-0.4, -0.2) is 45.2 Å². The summed E-state index contributed by atoms with van der Waals surface area (Å²) in [6, 6.07) is 7.35. The van der Waals surface area contributed by atoms with Crippen molar-refractivity contribution in [3.05, 3.63) is 40.3 Å². The highest BCUT2D eigenvalue weighted by Crippen LogP contribution is 2.20. The Morgan fingerprint density at radius 2 is 2.04 bits per heavy atom. The van der Waals surface area contributed by atoms with Gasteiger partial charge >= 0.3 is 0 Å². The Bertz CT molecular complexity index is 826. The molecule has 1 aliphatic heterocycles. The highest BCUT2D eigenvalue weighted by molar-refractivity contribution is 5.76. The fraction of sp³-hybridized carbons (Fsp3) is 0.474. The zero-order chi connectivity index (χ0) is 18.5. The molecule has 1 saturated heterocycles. The molecule has 2 aromatic rings. The molecule has 1 aromatic carbocycles. The predicted octanol–water partition coefficient (Wildman–Crippen LogP) is 2.17. The number of benzene rings is 1. The number of rotatable bonds is 6. The molecule has 1 aromatic heterocycles. The van der Waals surface area contributed by atoms with Crippen LogP contribution < -0.4 is 10.3 Å². The van der Waals surface area contributed by atoms with Gasteiger partial charge in [0.15, 0.2) is 5.82 Å². The predicted molar refractivity (Wildman–Crippen MR) is 98.0 cm³/mol. The number of carbonyl (C=O) groups excluding carboxylic acids is 1. The number of amides is 1. The summed E-state index contributed by atoms with van der Waals surface area (Å²) in [5, 5.41) is 8.16. The van der Waals surface area contributed by atoms with E-state index in [9.17, 15) is 9.59 Å². The van der Waals surface area contributed by atoms with Gasteiger partial charge in [-0.1, -0.05) is 12.1 Å². The summed E-state index contributed by atoms with van der Waals surface area (Å²) in [5.74, 6) is 1.17. The molecular weight excluding hydrogens is 332 g/mol. The van der Waals surface area contributed by atoms with Gasteiger partial charge in [-0.05, 0) is 38.8 Å². The second-order valence-electron chi connectivity index (χ2n) is 6.73. The van der Waals surface area contributed by atoms with Crippen molar-refractivity contribution in [2.45, 2.75) is 45.6 Å². The minimum absolute atomic E-state index is 0.0610. The van der Waals surface area contributed by atoms with Crippen molar-refractivity contribution < 1.29 is 9.53 Å². The molecule has 3 rings (SSSR count). The normalized spacial score (nSPS) is 14.0. The van der Waals surface area contributed by atoms with Crippen LogP contribution in [0.3, 0.4) is 0 Å². The molecule has 0 aliphatic carbocycles. The maximum atomic E-state index is 12.3. The molecule has 0 radical (unpaired) electrons. The molecule has 1 fully saturated rings. The van der Waals surface area contributed by atoms with E-state index in [0.29, 0.717) is 18.0 Å². The smallest absolute Gasteiger partial charge is 0.273 e. The van der Waals surface area contributed by atoms with Crippen LogP contribution in [0.15, 0.2) is 29.1 Å². The quantitative estimate of drug-likeness (QED) is 0.857. The van der Waals surface area contributed by atoms with Crippen LogP contribution in [0.25, 0.3) is 11.4 Å². The van der Waals surface area contributed by atoms with Gasteiger partial charge in [0, 0.05) is 31.5 Å². The average Bonchev–Trinajstić information content (AvgIpc) is 3.15. The number of aromatic amines is 1. The van der Waals surface area contributed by atoms with E-state index in [1.807, 2.05) is 43.0 Å². The van der Waals surface area contributed by atoms with E-state index in [0.717, 1.165) is 31.5 Å². The monoisotopic (exact) mass is 356 g/mol. The zero-order valence-corrected chi connectivity index (χ0v) is 15.2. The molecule has 0 atom stereocenters. The van der Waals surface area contributed by atoms with Gasteiger partial charge in [0.25, 0.3) is 5.56 Å². The molecule has 1 amide bonds. The standard InChI is InChI=1S/C19H24N4O3/c1-13(2)26-15-7-5-6-14(12-15)18-20-19(25)16(21-22-18)8-9-17(24)23-10-3-4-11-23/h5-7,12-13H,3-4,8-11H2,1-2H3,(H,20,22,25). The van der Waals surface area contributed by atoms with Gasteiger partial charge in [0.1, 0.15) is 11.4 Å². The van der Waals surface area contributed by atoms with E-state index in [-0.39, 0.29) is 29.7 Å². The maximum Gasteiger partial charge on any atom is 0.273 e. The molecule has 2 heterocycles. The maximum absolute atomic E-state index is 12.3. The minimum atomic E-state index is -0.306. The summed E-state index contributed by atoms with van der Waals surface area (Å²) in [6.45, 7) is 5.53. The molecule has 7 nitrogen and oxygen atoms in total. The first-order valence-corrected chi connectivity index (χ1v) is 9.03. The third-order valence-electron chi connectivity index (χ3n) is 4.28. The van der Waals surface area contributed by atoms with E-state index in [4.69, 9.17) is 4.74 Å². The van der Waals surface area contributed by atoms with Gasteiger partial charge in [0.2, 0.25) is 5.91 Å². The van der Waals surface area contributed by atoms with E-state index in [1.54, 1.807) is 0 Å². The molecule has 138 valence electrons. The first-order chi connectivity index (χ1) is 12.5. The van der Waals surface area contributed by atoms with Crippen LogP contribution in [0.1, 0.15) is 38.8 Å². The van der Waals surface area contributed by atoms with Gasteiger partial charge < -0.3 is 14.6 Å². The highest BCUT2D eigenvalue weighted by atomic mass is 16.5. The first-order valence-electron chi connectivity index (χ1n) is 9.03. The van der Waals surface area contributed by atoms with Gasteiger partial charge in [-0.15, -0.1) is 10.2 Å². The second-order valence-corrected chi connectivity index (χ2v) is 6.73. The summed E-state index contributed by atoms with van der Waals surface area (Å²) in [4.78, 5) is 29.0. The minimum Gasteiger partial charge on any atom is -0.491 e. The number of nitrogens with one attached hydrogen (secondary N) is 1.